The van der Waals surface area contributed by atoms with E-state index in [-0.39, 0.29) is 22.8 Å². The SMILES string of the molecule is CS(=O)(=NCc1ccc(-c2noc(C(F)(F)F)n2)cc1)c1ccc(OC(F)(F)F)cc1. The Morgan fingerprint density at radius 3 is 2.13 bits per heavy atom. The van der Waals surface area contributed by atoms with Crippen molar-refractivity contribution in [1.82, 2.24) is 10.1 Å². The topological polar surface area (TPSA) is 77.6 Å². The third-order valence-electron chi connectivity index (χ3n) is 3.87. The van der Waals surface area contributed by atoms with Crippen molar-refractivity contribution < 1.29 is 39.8 Å². The molecule has 3 rings (SSSR count). The molecule has 0 amide bonds. The van der Waals surface area contributed by atoms with Gasteiger partial charge < -0.3 is 9.26 Å². The third-order valence-corrected chi connectivity index (χ3v) is 5.64. The summed E-state index contributed by atoms with van der Waals surface area (Å²) in [5, 5.41) is 3.28. The second-order valence-electron chi connectivity index (χ2n) is 6.23. The lowest BCUT2D eigenvalue weighted by molar-refractivity contribution is -0.274. The Bertz CT molecular complexity index is 1160. The van der Waals surface area contributed by atoms with E-state index in [1.54, 1.807) is 0 Å². The van der Waals surface area contributed by atoms with E-state index in [1.807, 2.05) is 0 Å². The molecule has 1 aromatic heterocycles. The fourth-order valence-electron chi connectivity index (χ4n) is 2.38. The first-order valence-corrected chi connectivity index (χ1v) is 10.3. The van der Waals surface area contributed by atoms with Gasteiger partial charge in [0, 0.05) is 16.7 Å². The van der Waals surface area contributed by atoms with Gasteiger partial charge in [-0.25, -0.2) is 8.57 Å². The molecule has 1 heterocycles. The van der Waals surface area contributed by atoms with Gasteiger partial charge in [0.15, 0.2) is 0 Å². The Kier molecular flexibility index (Phi) is 5.98. The summed E-state index contributed by atoms with van der Waals surface area (Å²) < 4.78 is 99.1. The molecule has 0 aliphatic carbocycles. The first-order chi connectivity index (χ1) is 14.3. The van der Waals surface area contributed by atoms with Gasteiger partial charge in [-0.2, -0.15) is 18.2 Å². The number of halogens is 6. The summed E-state index contributed by atoms with van der Waals surface area (Å²) in [5.41, 5.74) is 0.871. The van der Waals surface area contributed by atoms with Crippen LogP contribution in [0.4, 0.5) is 26.3 Å². The van der Waals surface area contributed by atoms with Gasteiger partial charge in [0.1, 0.15) is 5.75 Å². The summed E-state index contributed by atoms with van der Waals surface area (Å²) in [6.07, 6.45) is -8.25. The van der Waals surface area contributed by atoms with Crippen molar-refractivity contribution >= 4 is 9.73 Å². The number of alkyl halides is 6. The van der Waals surface area contributed by atoms with Crippen molar-refractivity contribution in [2.75, 3.05) is 6.26 Å². The molecule has 0 saturated carbocycles. The zero-order valence-corrected chi connectivity index (χ0v) is 16.4. The van der Waals surface area contributed by atoms with Crippen molar-refractivity contribution in [3.05, 3.63) is 60.0 Å². The zero-order chi connectivity index (χ0) is 22.9. The Hall–Kier alpha value is -3.09. The van der Waals surface area contributed by atoms with Crippen LogP contribution in [-0.2, 0) is 22.5 Å². The Morgan fingerprint density at radius 1 is 1.00 bits per heavy atom. The first-order valence-electron chi connectivity index (χ1n) is 8.37. The molecule has 6 nitrogen and oxygen atoms in total. The monoisotopic (exact) mass is 465 g/mol. The van der Waals surface area contributed by atoms with Crippen LogP contribution in [0.25, 0.3) is 11.4 Å². The summed E-state index contributed by atoms with van der Waals surface area (Å²) in [6, 6.07) is 10.5. The Balaban J connectivity index is 1.72. The number of hydrogen-bond donors (Lipinski definition) is 0. The fourth-order valence-corrected chi connectivity index (χ4v) is 3.57. The number of nitrogens with zero attached hydrogens (tertiary/aromatic N) is 3. The van der Waals surface area contributed by atoms with E-state index >= 15 is 0 Å². The van der Waals surface area contributed by atoms with Gasteiger partial charge in [-0.15, -0.1) is 13.2 Å². The van der Waals surface area contributed by atoms with E-state index in [0.717, 1.165) is 12.1 Å². The minimum Gasteiger partial charge on any atom is -0.406 e. The Morgan fingerprint density at radius 2 is 1.61 bits per heavy atom. The summed E-state index contributed by atoms with van der Waals surface area (Å²) in [6.45, 7) is -0.00351. The molecule has 0 aliphatic heterocycles. The van der Waals surface area contributed by atoms with Gasteiger partial charge in [0.2, 0.25) is 5.82 Å². The van der Waals surface area contributed by atoms with Crippen molar-refractivity contribution in [2.45, 2.75) is 24.0 Å². The van der Waals surface area contributed by atoms with Gasteiger partial charge in [-0.05, 0) is 29.8 Å². The summed E-state index contributed by atoms with van der Waals surface area (Å²) in [7, 11) is -2.92. The first kappa shape index (κ1) is 22.6. The molecular weight excluding hydrogens is 452 g/mol. The molecule has 3 aromatic rings. The highest BCUT2D eigenvalue weighted by atomic mass is 32.2. The van der Waals surface area contributed by atoms with E-state index in [4.69, 9.17) is 0 Å². The van der Waals surface area contributed by atoms with Crippen LogP contribution in [0.1, 0.15) is 11.5 Å². The predicted octanol–water partition coefficient (Wildman–Crippen LogP) is 5.31. The van der Waals surface area contributed by atoms with Gasteiger partial charge >= 0.3 is 18.4 Å². The van der Waals surface area contributed by atoms with E-state index in [2.05, 4.69) is 23.8 Å². The Labute approximate surface area is 172 Å². The van der Waals surface area contributed by atoms with Crippen LogP contribution < -0.4 is 4.74 Å². The average Bonchev–Trinajstić information content (AvgIpc) is 3.17. The molecule has 0 spiro atoms. The van der Waals surface area contributed by atoms with Gasteiger partial charge in [-0.3, -0.25) is 0 Å². The van der Waals surface area contributed by atoms with Crippen LogP contribution in [0.5, 0.6) is 5.75 Å². The molecule has 1 atom stereocenters. The molecular formula is C18H13F6N3O3S. The van der Waals surface area contributed by atoms with Crippen molar-refractivity contribution in [2.24, 2.45) is 4.36 Å². The van der Waals surface area contributed by atoms with E-state index in [9.17, 15) is 30.6 Å². The van der Waals surface area contributed by atoms with Gasteiger partial charge in [0.25, 0.3) is 0 Å². The zero-order valence-electron chi connectivity index (χ0n) is 15.6. The average molecular weight is 465 g/mol. The molecule has 0 bridgehead atoms. The largest absolute Gasteiger partial charge is 0.573 e. The van der Waals surface area contributed by atoms with E-state index < -0.39 is 33.9 Å². The minimum atomic E-state index is -4.83. The molecule has 0 saturated heterocycles. The maximum Gasteiger partial charge on any atom is 0.573 e. The highest BCUT2D eigenvalue weighted by molar-refractivity contribution is 7.93. The van der Waals surface area contributed by atoms with E-state index in [0.29, 0.717) is 5.56 Å². The van der Waals surface area contributed by atoms with Crippen molar-refractivity contribution in [3.8, 4) is 17.1 Å². The fraction of sp³-hybridized carbons (Fsp3) is 0.222. The van der Waals surface area contributed by atoms with E-state index in [1.165, 1.54) is 42.7 Å². The standard InChI is InChI=1S/C18H13F6N3O3S/c1-31(28,14-8-6-13(7-9-14)29-18(22,23)24)25-10-11-2-4-12(5-3-11)15-26-16(30-27-15)17(19,20)21/h2-9H,10H2,1H3. The second-order valence-corrected chi connectivity index (χ2v) is 8.56. The smallest absolute Gasteiger partial charge is 0.406 e. The molecule has 0 aliphatic rings. The molecule has 0 N–H and O–H groups in total. The van der Waals surface area contributed by atoms with Crippen molar-refractivity contribution in [1.29, 1.82) is 0 Å². The molecule has 1 unspecified atom stereocenters. The minimum absolute atomic E-state index is 0.00351. The molecule has 13 heteroatoms. The molecule has 0 radical (unpaired) electrons. The number of hydrogen-bond acceptors (Lipinski definition) is 6. The lowest BCUT2D eigenvalue weighted by atomic mass is 10.1. The predicted molar refractivity (Wildman–Crippen MR) is 96.3 cm³/mol. The number of rotatable bonds is 5. The normalized spacial score (nSPS) is 14.2. The molecule has 0 fully saturated rings. The maximum absolute atomic E-state index is 12.8. The van der Waals surface area contributed by atoms with Crippen LogP contribution >= 0.6 is 0 Å². The highest BCUT2D eigenvalue weighted by Gasteiger charge is 2.38. The van der Waals surface area contributed by atoms with Gasteiger partial charge in [0.05, 0.1) is 16.3 Å². The summed E-state index contributed by atoms with van der Waals surface area (Å²) in [5.74, 6) is -2.15. The van der Waals surface area contributed by atoms with Crippen LogP contribution in [0.2, 0.25) is 0 Å². The lowest BCUT2D eigenvalue weighted by Crippen LogP contribution is -2.17. The number of ether oxygens (including phenoxy) is 1. The van der Waals surface area contributed by atoms with Crippen LogP contribution in [0.15, 0.2) is 62.3 Å². The van der Waals surface area contributed by atoms with Crippen molar-refractivity contribution in [3.63, 3.8) is 0 Å². The highest BCUT2D eigenvalue weighted by Crippen LogP contribution is 2.29. The molecule has 166 valence electrons. The van der Waals surface area contributed by atoms with Crippen LogP contribution in [0, 0.1) is 0 Å². The molecule has 2 aromatic carbocycles. The summed E-state index contributed by atoms with van der Waals surface area (Å²) in [4.78, 5) is 3.50. The van der Waals surface area contributed by atoms with Crippen LogP contribution in [0.3, 0.4) is 0 Å². The second kappa shape index (κ2) is 8.21. The summed E-state index contributed by atoms with van der Waals surface area (Å²) >= 11 is 0. The maximum atomic E-state index is 12.8. The van der Waals surface area contributed by atoms with Gasteiger partial charge in [-0.1, -0.05) is 29.4 Å². The third kappa shape index (κ3) is 5.96. The lowest BCUT2D eigenvalue weighted by Gasteiger charge is -2.10. The quantitative estimate of drug-likeness (QED) is 0.478. The number of aromatic nitrogens is 2. The van der Waals surface area contributed by atoms with Crippen LogP contribution in [-0.4, -0.2) is 27.0 Å². The number of benzene rings is 2. The molecule has 31 heavy (non-hydrogen) atoms.